The largest absolute Gasteiger partial charge is 0.507 e. The topological polar surface area (TPSA) is 92.3 Å². The summed E-state index contributed by atoms with van der Waals surface area (Å²) in [6, 6.07) is 8.18. The first-order chi connectivity index (χ1) is 13.2. The Balaban J connectivity index is 1.97. The van der Waals surface area contributed by atoms with Gasteiger partial charge in [0, 0.05) is 11.6 Å². The summed E-state index contributed by atoms with van der Waals surface area (Å²) in [6.45, 7) is 0. The van der Waals surface area contributed by atoms with E-state index in [0.29, 0.717) is 11.0 Å². The fourth-order valence-electron chi connectivity index (χ4n) is 2.49. The molecular formula is C19H13F3N2O4. The van der Waals surface area contributed by atoms with Crippen molar-refractivity contribution in [3.05, 3.63) is 75.2 Å². The van der Waals surface area contributed by atoms with Gasteiger partial charge in [-0.2, -0.15) is 13.2 Å². The van der Waals surface area contributed by atoms with Crippen molar-refractivity contribution in [3.63, 3.8) is 0 Å². The number of halogens is 3. The van der Waals surface area contributed by atoms with Crippen molar-refractivity contribution in [1.82, 2.24) is 9.97 Å². The number of nitrogens with one attached hydrogen (secondary N) is 1. The highest BCUT2D eigenvalue weighted by Crippen LogP contribution is 2.30. The number of esters is 1. The number of aromatic nitrogens is 2. The molecule has 3 rings (SSSR count). The molecule has 0 amide bonds. The van der Waals surface area contributed by atoms with Crippen LogP contribution >= 0.6 is 0 Å². The highest BCUT2D eigenvalue weighted by atomic mass is 19.4. The molecule has 0 radical (unpaired) electrons. The van der Waals surface area contributed by atoms with Gasteiger partial charge in [-0.3, -0.25) is 4.79 Å². The zero-order chi connectivity index (χ0) is 20.5. The number of aliphatic hydroxyl groups is 1. The molecule has 0 fully saturated rings. The molecule has 0 saturated carbocycles. The number of carbonyl (C=O) groups is 1. The summed E-state index contributed by atoms with van der Waals surface area (Å²) >= 11 is 0. The maximum absolute atomic E-state index is 12.6. The van der Waals surface area contributed by atoms with Crippen molar-refractivity contribution in [2.75, 3.05) is 7.11 Å². The van der Waals surface area contributed by atoms with Gasteiger partial charge in [-0.25, -0.2) is 9.78 Å². The number of hydrogen-bond acceptors (Lipinski definition) is 5. The van der Waals surface area contributed by atoms with Gasteiger partial charge in [0.15, 0.2) is 0 Å². The van der Waals surface area contributed by atoms with E-state index < -0.39 is 29.0 Å². The molecule has 3 aromatic rings. The Bertz CT molecular complexity index is 1130. The number of ether oxygens (including phenoxy) is 1. The number of aliphatic hydroxyl groups excluding tert-OH is 1. The maximum Gasteiger partial charge on any atom is 0.416 e. The van der Waals surface area contributed by atoms with Crippen molar-refractivity contribution in [3.8, 4) is 0 Å². The van der Waals surface area contributed by atoms with Crippen molar-refractivity contribution >= 4 is 28.8 Å². The van der Waals surface area contributed by atoms with E-state index in [0.717, 1.165) is 30.3 Å². The van der Waals surface area contributed by atoms with E-state index in [4.69, 9.17) is 0 Å². The Hall–Kier alpha value is -3.62. The third kappa shape index (κ3) is 3.88. The number of rotatable bonds is 3. The minimum Gasteiger partial charge on any atom is -0.507 e. The number of methoxy groups -OCH3 is 1. The third-order valence-corrected chi connectivity index (χ3v) is 3.92. The van der Waals surface area contributed by atoms with Gasteiger partial charge < -0.3 is 14.8 Å². The molecule has 0 saturated heterocycles. The lowest BCUT2D eigenvalue weighted by atomic mass is 10.1. The lowest BCUT2D eigenvalue weighted by molar-refractivity contribution is -0.137. The van der Waals surface area contributed by atoms with Crippen LogP contribution in [0.2, 0.25) is 0 Å². The number of aromatic amines is 1. The Morgan fingerprint density at radius 2 is 1.79 bits per heavy atom. The first-order valence-electron chi connectivity index (χ1n) is 7.90. The zero-order valence-corrected chi connectivity index (χ0v) is 14.4. The van der Waals surface area contributed by atoms with Crippen LogP contribution in [0.4, 0.5) is 13.2 Å². The summed E-state index contributed by atoms with van der Waals surface area (Å²) in [5.41, 5.74) is -0.688. The van der Waals surface area contributed by atoms with E-state index in [1.165, 1.54) is 25.3 Å². The molecule has 0 bridgehead atoms. The van der Waals surface area contributed by atoms with Gasteiger partial charge >= 0.3 is 12.1 Å². The average Bonchev–Trinajstić information content (AvgIpc) is 2.67. The number of benzene rings is 2. The van der Waals surface area contributed by atoms with Crippen LogP contribution in [0.1, 0.15) is 27.2 Å². The second kappa shape index (κ2) is 7.18. The van der Waals surface area contributed by atoms with E-state index in [9.17, 15) is 27.9 Å². The van der Waals surface area contributed by atoms with Crippen LogP contribution in [0.25, 0.3) is 22.9 Å². The van der Waals surface area contributed by atoms with Gasteiger partial charge in [-0.15, -0.1) is 0 Å². The second-order valence-corrected chi connectivity index (χ2v) is 5.78. The Morgan fingerprint density at radius 3 is 2.39 bits per heavy atom. The number of fused-ring (bicyclic) bond motifs is 1. The molecule has 0 atom stereocenters. The minimum absolute atomic E-state index is 0.0929. The predicted octanol–water partition coefficient (Wildman–Crippen LogP) is 3.78. The quantitative estimate of drug-likeness (QED) is 0.525. The SMILES string of the molecule is COC(=O)c1ccc2nc(/C=C(\O)c3ccc(C(F)(F)F)cc3)c(=O)[nH]c2c1. The molecule has 144 valence electrons. The summed E-state index contributed by atoms with van der Waals surface area (Å²) in [7, 11) is 1.23. The number of alkyl halides is 3. The molecular weight excluding hydrogens is 377 g/mol. The van der Waals surface area contributed by atoms with E-state index in [1.54, 1.807) is 0 Å². The fraction of sp³-hybridized carbons (Fsp3) is 0.105. The smallest absolute Gasteiger partial charge is 0.416 e. The van der Waals surface area contributed by atoms with Crippen LogP contribution in [-0.2, 0) is 10.9 Å². The van der Waals surface area contributed by atoms with E-state index in [-0.39, 0.29) is 16.8 Å². The minimum atomic E-state index is -4.49. The first kappa shape index (κ1) is 19.2. The molecule has 0 aliphatic carbocycles. The summed E-state index contributed by atoms with van der Waals surface area (Å²) in [5.74, 6) is -0.996. The molecule has 0 unspecified atom stereocenters. The maximum atomic E-state index is 12.6. The van der Waals surface area contributed by atoms with Crippen molar-refractivity contribution < 1.29 is 27.8 Å². The summed E-state index contributed by atoms with van der Waals surface area (Å²) < 4.78 is 42.4. The predicted molar refractivity (Wildman–Crippen MR) is 95.6 cm³/mol. The summed E-state index contributed by atoms with van der Waals surface area (Å²) in [6.07, 6.45) is -3.44. The van der Waals surface area contributed by atoms with Crippen LogP contribution in [0.5, 0.6) is 0 Å². The summed E-state index contributed by atoms with van der Waals surface area (Å²) in [4.78, 5) is 30.4. The molecule has 1 heterocycles. The highest BCUT2D eigenvalue weighted by molar-refractivity contribution is 5.93. The molecule has 0 aliphatic rings. The van der Waals surface area contributed by atoms with Gasteiger partial charge in [0.05, 0.1) is 29.3 Å². The molecule has 0 spiro atoms. The van der Waals surface area contributed by atoms with Gasteiger partial charge in [-0.1, -0.05) is 12.1 Å². The van der Waals surface area contributed by atoms with Crippen LogP contribution in [0.15, 0.2) is 47.3 Å². The van der Waals surface area contributed by atoms with Crippen molar-refractivity contribution in [2.45, 2.75) is 6.18 Å². The van der Waals surface area contributed by atoms with Crippen LogP contribution in [0, 0.1) is 0 Å². The highest BCUT2D eigenvalue weighted by Gasteiger charge is 2.30. The van der Waals surface area contributed by atoms with Crippen LogP contribution in [0.3, 0.4) is 0 Å². The molecule has 2 N–H and O–H groups in total. The van der Waals surface area contributed by atoms with Crippen molar-refractivity contribution in [1.29, 1.82) is 0 Å². The molecule has 9 heteroatoms. The van der Waals surface area contributed by atoms with Gasteiger partial charge in [-0.05, 0) is 30.3 Å². The Kier molecular flexibility index (Phi) is 4.91. The molecule has 0 aliphatic heterocycles. The number of carbonyl (C=O) groups excluding carboxylic acids is 1. The Labute approximate surface area is 155 Å². The second-order valence-electron chi connectivity index (χ2n) is 5.78. The lowest BCUT2D eigenvalue weighted by Gasteiger charge is -2.07. The van der Waals surface area contributed by atoms with Crippen LogP contribution < -0.4 is 5.56 Å². The van der Waals surface area contributed by atoms with Crippen LogP contribution in [-0.4, -0.2) is 28.2 Å². The van der Waals surface area contributed by atoms with E-state index >= 15 is 0 Å². The average molecular weight is 390 g/mol. The van der Waals surface area contributed by atoms with Gasteiger partial charge in [0.1, 0.15) is 11.5 Å². The number of nitrogens with zero attached hydrogens (tertiary/aromatic N) is 1. The molecule has 2 aromatic carbocycles. The number of H-pyrrole nitrogens is 1. The monoisotopic (exact) mass is 390 g/mol. The van der Waals surface area contributed by atoms with E-state index in [1.807, 2.05) is 0 Å². The first-order valence-corrected chi connectivity index (χ1v) is 7.90. The normalized spacial score (nSPS) is 12.2. The fourth-order valence-corrected chi connectivity index (χ4v) is 2.49. The molecule has 28 heavy (non-hydrogen) atoms. The van der Waals surface area contributed by atoms with Crippen molar-refractivity contribution in [2.24, 2.45) is 0 Å². The third-order valence-electron chi connectivity index (χ3n) is 3.92. The van der Waals surface area contributed by atoms with Gasteiger partial charge in [0.2, 0.25) is 0 Å². The molecule has 6 nitrogen and oxygen atoms in total. The standard InChI is InChI=1S/C19H13F3N2O4/c1-28-18(27)11-4-7-13-14(8-11)24-17(26)15(23-13)9-16(25)10-2-5-12(6-3-10)19(20,21)22/h2-9,25H,1H3,(H,24,26)/b16-9-. The number of hydrogen-bond donors (Lipinski definition) is 2. The summed E-state index contributed by atoms with van der Waals surface area (Å²) in [5, 5.41) is 10.1. The Morgan fingerprint density at radius 1 is 1.14 bits per heavy atom. The lowest BCUT2D eigenvalue weighted by Crippen LogP contribution is -2.13. The molecule has 1 aromatic heterocycles. The van der Waals surface area contributed by atoms with Gasteiger partial charge in [0.25, 0.3) is 5.56 Å². The van der Waals surface area contributed by atoms with E-state index in [2.05, 4.69) is 14.7 Å². The zero-order valence-electron chi connectivity index (χ0n) is 14.4.